The van der Waals surface area contributed by atoms with Crippen molar-refractivity contribution in [3.63, 3.8) is 0 Å². The molecule has 3 saturated heterocycles. The molecule has 0 bridgehead atoms. The van der Waals surface area contributed by atoms with Crippen LogP contribution in [0.5, 0.6) is 0 Å². The zero-order chi connectivity index (χ0) is 41.4. The third-order valence-corrected chi connectivity index (χ3v) is 10.5. The molecule has 56 heavy (non-hydrogen) atoms. The summed E-state index contributed by atoms with van der Waals surface area (Å²) in [6, 6.07) is -3.21. The van der Waals surface area contributed by atoms with Gasteiger partial charge in [0.25, 0.3) is 0 Å². The topological polar surface area (TPSA) is 435 Å². The number of hydrogen-bond donors (Lipinski definition) is 16. The van der Waals surface area contributed by atoms with E-state index < -0.39 is 141 Å². The Labute approximate surface area is 323 Å². The first-order valence-electron chi connectivity index (χ1n) is 18.7. The average Bonchev–Trinajstić information content (AvgIpc) is 3.45. The highest BCUT2D eigenvalue weighted by molar-refractivity contribution is 5.83. The van der Waals surface area contributed by atoms with Crippen LogP contribution in [-0.2, 0) is 33.2 Å². The summed E-state index contributed by atoms with van der Waals surface area (Å²) in [6.45, 7) is -1.42. The Morgan fingerprint density at radius 3 is 2.07 bits per heavy atom. The molecule has 0 aromatic rings. The maximum absolute atomic E-state index is 13.1. The number of nitrogens with one attached hydrogen (secondary N) is 1. The number of hydrogen-bond acceptors (Lipinski definition) is 22. The number of carbonyl (C=O) groups is 1. The lowest BCUT2D eigenvalue weighted by Crippen LogP contribution is -2.64. The Hall–Kier alpha value is -1.86. The summed E-state index contributed by atoms with van der Waals surface area (Å²) < 4.78 is 35.8. The van der Waals surface area contributed by atoms with E-state index in [-0.39, 0.29) is 57.8 Å². The lowest BCUT2D eigenvalue weighted by atomic mass is 9.76. The molecule has 3 heterocycles. The predicted octanol–water partition coefficient (Wildman–Crippen LogP) is -9.61. The number of aliphatic hydroxyl groups is 9. The quantitative estimate of drug-likeness (QED) is 0.0425. The molecule has 0 aromatic carbocycles. The van der Waals surface area contributed by atoms with Gasteiger partial charge in [-0.15, -0.1) is 0 Å². The fraction of sp³-hybridized carbons (Fsp3) is 0.938. The first-order valence-corrected chi connectivity index (χ1v) is 18.7. The van der Waals surface area contributed by atoms with E-state index >= 15 is 0 Å². The zero-order valence-electron chi connectivity index (χ0n) is 30.9. The second-order valence-corrected chi connectivity index (χ2v) is 14.8. The van der Waals surface area contributed by atoms with Gasteiger partial charge in [-0.3, -0.25) is 9.79 Å². The summed E-state index contributed by atoms with van der Waals surface area (Å²) in [6.07, 6.45) is -22.0. The van der Waals surface area contributed by atoms with Crippen LogP contribution < -0.4 is 39.7 Å². The minimum absolute atomic E-state index is 0.00242. The van der Waals surface area contributed by atoms with Crippen molar-refractivity contribution in [2.24, 2.45) is 45.3 Å². The van der Waals surface area contributed by atoms with Gasteiger partial charge in [-0.2, -0.15) is 0 Å². The van der Waals surface area contributed by atoms with Gasteiger partial charge in [-0.05, 0) is 18.8 Å². The number of ketones is 1. The molecule has 1 aliphatic carbocycles. The van der Waals surface area contributed by atoms with Crippen molar-refractivity contribution in [2.45, 2.75) is 142 Å². The van der Waals surface area contributed by atoms with E-state index in [1.807, 2.05) is 0 Å². The summed E-state index contributed by atoms with van der Waals surface area (Å²) >= 11 is 0. The van der Waals surface area contributed by atoms with E-state index in [0.29, 0.717) is 0 Å². The van der Waals surface area contributed by atoms with Crippen molar-refractivity contribution in [1.29, 1.82) is 0 Å². The summed E-state index contributed by atoms with van der Waals surface area (Å²) in [5, 5.41) is 97.0. The van der Waals surface area contributed by atoms with E-state index in [9.17, 15) is 45.6 Å². The van der Waals surface area contributed by atoms with Crippen molar-refractivity contribution < 1.29 is 79.2 Å². The SMILES string of the molecule is NC[C@@H]1O[C@H](O[C@H]2[C@@H](O)[C@H](O[C@@H]3[C@@H](O)[C@H](CC(=O)[C@@H](O)CCN=C(N)N)C[C@H](N)[C@H]3O[C@H]3O[C@H](CNCC(O)CO)[C@@H](O)C[C@H]3N)O[C@@H]2CO)[C@H](N)[C@@H](O)[C@@H]1O. The third-order valence-electron chi connectivity index (χ3n) is 10.5. The maximum atomic E-state index is 13.1. The number of nitrogens with two attached hydrogens (primary N) is 6. The Bertz CT molecular complexity index is 1250. The molecule has 1 unspecified atom stereocenters. The van der Waals surface area contributed by atoms with Gasteiger partial charge >= 0.3 is 0 Å². The molecule has 0 spiro atoms. The Morgan fingerprint density at radius 1 is 0.786 bits per heavy atom. The van der Waals surface area contributed by atoms with Gasteiger partial charge in [-0.1, -0.05) is 0 Å². The molecule has 20 atom stereocenters. The van der Waals surface area contributed by atoms with Crippen molar-refractivity contribution in [3.8, 4) is 0 Å². The third kappa shape index (κ3) is 11.7. The van der Waals surface area contributed by atoms with Crippen LogP contribution >= 0.6 is 0 Å². The zero-order valence-corrected chi connectivity index (χ0v) is 30.9. The van der Waals surface area contributed by atoms with Crippen LogP contribution in [-0.4, -0.2) is 213 Å². The summed E-state index contributed by atoms with van der Waals surface area (Å²) in [5.74, 6) is -1.79. The van der Waals surface area contributed by atoms with Gasteiger partial charge in [0, 0.05) is 45.1 Å². The van der Waals surface area contributed by atoms with Crippen LogP contribution in [0.15, 0.2) is 4.99 Å². The lowest BCUT2D eigenvalue weighted by Gasteiger charge is -2.47. The molecule has 24 heteroatoms. The molecule has 4 aliphatic rings. The number of rotatable bonds is 19. The molecular weight excluding hydrogens is 752 g/mol. The van der Waals surface area contributed by atoms with Crippen molar-refractivity contribution in [1.82, 2.24) is 5.32 Å². The van der Waals surface area contributed by atoms with Crippen molar-refractivity contribution in [2.75, 3.05) is 39.4 Å². The fourth-order valence-electron chi connectivity index (χ4n) is 7.29. The molecule has 0 radical (unpaired) electrons. The van der Waals surface area contributed by atoms with Crippen molar-refractivity contribution in [3.05, 3.63) is 0 Å². The minimum atomic E-state index is -1.71. The number of guanidine groups is 1. The van der Waals surface area contributed by atoms with Crippen molar-refractivity contribution >= 4 is 11.7 Å². The Morgan fingerprint density at radius 2 is 1.43 bits per heavy atom. The summed E-state index contributed by atoms with van der Waals surface area (Å²) in [5.41, 5.74) is 35.3. The van der Waals surface area contributed by atoms with E-state index in [0.717, 1.165) is 0 Å². The highest BCUT2D eigenvalue weighted by atomic mass is 16.8. The van der Waals surface area contributed by atoms with Crippen LogP contribution in [0.2, 0.25) is 0 Å². The summed E-state index contributed by atoms with van der Waals surface area (Å²) in [4.78, 5) is 16.8. The van der Waals surface area contributed by atoms with Crippen LogP contribution in [0, 0.1) is 5.92 Å². The normalized spacial score (nSPS) is 42.9. The van der Waals surface area contributed by atoms with Crippen LogP contribution in [0.25, 0.3) is 0 Å². The van der Waals surface area contributed by atoms with Crippen LogP contribution in [0.1, 0.15) is 25.7 Å². The number of aliphatic hydroxyl groups excluding tert-OH is 9. The number of carbonyl (C=O) groups excluding carboxylic acids is 1. The van der Waals surface area contributed by atoms with Gasteiger partial charge in [0.05, 0.1) is 49.7 Å². The van der Waals surface area contributed by atoms with E-state index in [4.69, 9.17) is 67.9 Å². The fourth-order valence-corrected chi connectivity index (χ4v) is 7.29. The maximum Gasteiger partial charge on any atom is 0.187 e. The Kier molecular flexibility index (Phi) is 17.9. The van der Waals surface area contributed by atoms with Crippen LogP contribution in [0.4, 0.5) is 0 Å². The molecule has 326 valence electrons. The molecule has 4 rings (SSSR count). The second-order valence-electron chi connectivity index (χ2n) is 14.8. The lowest BCUT2D eigenvalue weighted by molar-refractivity contribution is -0.299. The first-order chi connectivity index (χ1) is 26.5. The van der Waals surface area contributed by atoms with E-state index in [1.54, 1.807) is 0 Å². The second kappa shape index (κ2) is 21.4. The number of aliphatic imine (C=N–C) groups is 1. The van der Waals surface area contributed by atoms with Gasteiger partial charge in [0.2, 0.25) is 0 Å². The largest absolute Gasteiger partial charge is 0.394 e. The predicted molar refractivity (Wildman–Crippen MR) is 190 cm³/mol. The molecular formula is C32H62N8O16. The average molecular weight is 815 g/mol. The monoisotopic (exact) mass is 814 g/mol. The number of Topliss-reactive ketones (excluding diaryl/α,β-unsaturated/α-hetero) is 1. The highest BCUT2D eigenvalue weighted by Crippen LogP contribution is 2.37. The summed E-state index contributed by atoms with van der Waals surface area (Å²) in [7, 11) is 0. The molecule has 4 fully saturated rings. The highest BCUT2D eigenvalue weighted by Gasteiger charge is 2.54. The molecule has 22 N–H and O–H groups in total. The first kappa shape index (κ1) is 46.8. The molecule has 3 aliphatic heterocycles. The minimum Gasteiger partial charge on any atom is -0.394 e. The van der Waals surface area contributed by atoms with Crippen LogP contribution in [0.3, 0.4) is 0 Å². The van der Waals surface area contributed by atoms with Gasteiger partial charge in [0.1, 0.15) is 54.9 Å². The van der Waals surface area contributed by atoms with Gasteiger partial charge < -0.3 is 114 Å². The standard InChI is InChI=1S/C32H62N8O16/c33-6-18-23(48)24(49)21(36)30(51-18)55-27-20(10-42)53-31(25(27)50)56-28-22(47)11(4-16(45)15(44)1-2-40-32(37)38)3-13(34)26(28)54-29-14(35)5-17(46)19(52-29)8-39-7-12(43)9-41/h11-15,17-31,39,41-44,46-50H,1-10,33-36H2,(H4,37,38,40)/t11-,12?,13-,14+,15-,17-,18-,19+,20+,21+,22-,23+,24+,25+,26+,27+,28+,29+,30+,31-/m0/s1. The smallest absolute Gasteiger partial charge is 0.187 e. The van der Waals surface area contributed by atoms with Gasteiger partial charge in [0.15, 0.2) is 30.6 Å². The van der Waals surface area contributed by atoms with E-state index in [1.165, 1.54) is 0 Å². The molecule has 1 saturated carbocycles. The Balaban J connectivity index is 1.54. The number of ether oxygens (including phenoxy) is 6. The van der Waals surface area contributed by atoms with E-state index in [2.05, 4.69) is 10.3 Å². The molecule has 0 aromatic heterocycles. The number of nitrogens with zero attached hydrogens (tertiary/aromatic N) is 1. The van der Waals surface area contributed by atoms with Gasteiger partial charge in [-0.25, -0.2) is 0 Å². The molecule has 0 amide bonds. The molecule has 24 nitrogen and oxygen atoms in total.